The number of rotatable bonds is 5. The number of ketones is 1. The molecule has 0 fully saturated rings. The van der Waals surface area contributed by atoms with Gasteiger partial charge in [0.05, 0.1) is 17.0 Å². The van der Waals surface area contributed by atoms with E-state index in [0.717, 1.165) is 11.3 Å². The SMILES string of the molecule is CC(=O)c1sc(NC(=O)CCC(=O)O)nc1C. The van der Waals surface area contributed by atoms with Gasteiger partial charge in [-0.05, 0) is 6.92 Å². The first-order chi connectivity index (χ1) is 7.90. The maximum Gasteiger partial charge on any atom is 0.303 e. The van der Waals surface area contributed by atoms with Gasteiger partial charge in [0, 0.05) is 13.3 Å². The molecule has 1 aromatic rings. The zero-order valence-electron chi connectivity index (χ0n) is 9.44. The fourth-order valence-electron chi connectivity index (χ4n) is 1.18. The summed E-state index contributed by atoms with van der Waals surface area (Å²) < 4.78 is 0. The smallest absolute Gasteiger partial charge is 0.303 e. The lowest BCUT2D eigenvalue weighted by Crippen LogP contribution is -2.12. The Balaban J connectivity index is 2.63. The van der Waals surface area contributed by atoms with Gasteiger partial charge in [0.1, 0.15) is 0 Å². The minimum atomic E-state index is -1.03. The Bertz CT molecular complexity index is 467. The third kappa shape index (κ3) is 3.95. The first-order valence-corrected chi connectivity index (χ1v) is 5.72. The molecule has 1 amide bonds. The van der Waals surface area contributed by atoms with Gasteiger partial charge in [-0.1, -0.05) is 11.3 Å². The Morgan fingerprint density at radius 3 is 2.47 bits per heavy atom. The third-order valence-corrected chi connectivity index (χ3v) is 3.10. The molecular formula is C10H12N2O4S. The second-order valence-corrected chi connectivity index (χ2v) is 4.43. The Labute approximate surface area is 102 Å². The molecule has 7 heteroatoms. The van der Waals surface area contributed by atoms with Crippen LogP contribution in [-0.2, 0) is 9.59 Å². The molecule has 6 nitrogen and oxygen atoms in total. The first kappa shape index (κ1) is 13.3. The molecule has 0 radical (unpaired) electrons. The highest BCUT2D eigenvalue weighted by molar-refractivity contribution is 7.17. The van der Waals surface area contributed by atoms with E-state index in [2.05, 4.69) is 10.3 Å². The number of carbonyl (C=O) groups excluding carboxylic acids is 2. The van der Waals surface area contributed by atoms with E-state index in [1.807, 2.05) is 0 Å². The van der Waals surface area contributed by atoms with E-state index in [1.54, 1.807) is 6.92 Å². The molecule has 0 atom stereocenters. The molecule has 1 aromatic heterocycles. The highest BCUT2D eigenvalue weighted by Crippen LogP contribution is 2.22. The summed E-state index contributed by atoms with van der Waals surface area (Å²) in [5.74, 6) is -1.55. The van der Waals surface area contributed by atoms with Crippen molar-refractivity contribution >= 4 is 34.1 Å². The maximum absolute atomic E-state index is 11.3. The van der Waals surface area contributed by atoms with E-state index >= 15 is 0 Å². The summed E-state index contributed by atoms with van der Waals surface area (Å²) in [6.45, 7) is 3.11. The molecular weight excluding hydrogens is 244 g/mol. The van der Waals surface area contributed by atoms with Crippen molar-refractivity contribution in [2.24, 2.45) is 0 Å². The summed E-state index contributed by atoms with van der Waals surface area (Å²) in [6.07, 6.45) is -0.334. The molecule has 0 aliphatic rings. The molecule has 92 valence electrons. The van der Waals surface area contributed by atoms with Crippen molar-refractivity contribution in [2.75, 3.05) is 5.32 Å². The number of nitrogens with one attached hydrogen (secondary N) is 1. The van der Waals surface area contributed by atoms with Gasteiger partial charge >= 0.3 is 5.97 Å². The number of aromatic nitrogens is 1. The van der Waals surface area contributed by atoms with E-state index in [4.69, 9.17) is 5.11 Å². The van der Waals surface area contributed by atoms with Crippen molar-refractivity contribution in [1.29, 1.82) is 0 Å². The van der Waals surface area contributed by atoms with Gasteiger partial charge in [0.25, 0.3) is 0 Å². The van der Waals surface area contributed by atoms with Crippen LogP contribution in [0.2, 0.25) is 0 Å². The number of thiazole rings is 1. The van der Waals surface area contributed by atoms with Crippen LogP contribution in [0.5, 0.6) is 0 Å². The summed E-state index contributed by atoms with van der Waals surface area (Å²) in [5, 5.41) is 11.2. The van der Waals surface area contributed by atoms with E-state index < -0.39 is 11.9 Å². The number of Topliss-reactive ketones (excluding diaryl/α,β-unsaturated/α-hetero) is 1. The lowest BCUT2D eigenvalue weighted by Gasteiger charge is -1.98. The van der Waals surface area contributed by atoms with E-state index in [0.29, 0.717) is 15.7 Å². The number of carboxylic acids is 1. The van der Waals surface area contributed by atoms with Crippen molar-refractivity contribution < 1.29 is 19.5 Å². The van der Waals surface area contributed by atoms with Crippen LogP contribution in [0.15, 0.2) is 0 Å². The lowest BCUT2D eigenvalue weighted by atomic mass is 10.3. The van der Waals surface area contributed by atoms with Crippen LogP contribution >= 0.6 is 11.3 Å². The second-order valence-electron chi connectivity index (χ2n) is 3.43. The minimum Gasteiger partial charge on any atom is -0.481 e. The van der Waals surface area contributed by atoms with Gasteiger partial charge in [-0.25, -0.2) is 4.98 Å². The molecule has 1 rings (SSSR count). The molecule has 0 saturated heterocycles. The molecule has 0 aliphatic heterocycles. The van der Waals surface area contributed by atoms with Gasteiger partial charge in [-0.15, -0.1) is 0 Å². The lowest BCUT2D eigenvalue weighted by molar-refractivity contribution is -0.138. The fourth-order valence-corrected chi connectivity index (χ4v) is 2.06. The third-order valence-electron chi connectivity index (χ3n) is 1.93. The summed E-state index contributed by atoms with van der Waals surface area (Å²) in [5.41, 5.74) is 0.566. The van der Waals surface area contributed by atoms with Crippen molar-refractivity contribution in [1.82, 2.24) is 4.98 Å². The number of amides is 1. The monoisotopic (exact) mass is 256 g/mol. The molecule has 0 bridgehead atoms. The predicted molar refractivity (Wildman–Crippen MR) is 62.4 cm³/mol. The Kier molecular flexibility index (Phi) is 4.33. The molecule has 0 aromatic carbocycles. The molecule has 0 spiro atoms. The van der Waals surface area contributed by atoms with Gasteiger partial charge < -0.3 is 10.4 Å². The first-order valence-electron chi connectivity index (χ1n) is 4.90. The van der Waals surface area contributed by atoms with Gasteiger partial charge in [-0.3, -0.25) is 14.4 Å². The van der Waals surface area contributed by atoms with E-state index in [1.165, 1.54) is 6.92 Å². The van der Waals surface area contributed by atoms with Gasteiger partial charge in [0.2, 0.25) is 5.91 Å². The highest BCUT2D eigenvalue weighted by atomic mass is 32.1. The number of aliphatic carboxylic acids is 1. The average molecular weight is 256 g/mol. The topological polar surface area (TPSA) is 96.4 Å². The molecule has 17 heavy (non-hydrogen) atoms. The number of hydrogen-bond acceptors (Lipinski definition) is 5. The van der Waals surface area contributed by atoms with Crippen LogP contribution < -0.4 is 5.32 Å². The Morgan fingerprint density at radius 1 is 1.35 bits per heavy atom. The van der Waals surface area contributed by atoms with Crippen molar-refractivity contribution in [3.8, 4) is 0 Å². The van der Waals surface area contributed by atoms with Crippen LogP contribution in [0, 0.1) is 6.92 Å². The summed E-state index contributed by atoms with van der Waals surface area (Å²) in [4.78, 5) is 37.3. The summed E-state index contributed by atoms with van der Waals surface area (Å²) in [6, 6.07) is 0. The number of anilines is 1. The minimum absolute atomic E-state index is 0.106. The van der Waals surface area contributed by atoms with Crippen molar-refractivity contribution in [3.05, 3.63) is 10.6 Å². The summed E-state index contributed by atoms with van der Waals surface area (Å²) >= 11 is 1.09. The number of carboxylic acid groups (broad SMARTS) is 1. The van der Waals surface area contributed by atoms with Crippen molar-refractivity contribution in [2.45, 2.75) is 26.7 Å². The largest absolute Gasteiger partial charge is 0.481 e. The standard InChI is InChI=1S/C10H12N2O4S/c1-5-9(6(2)13)17-10(11-5)12-7(14)3-4-8(15)16/h3-4H2,1-2H3,(H,15,16)(H,11,12,14). The van der Waals surface area contributed by atoms with Crippen LogP contribution in [0.1, 0.15) is 35.1 Å². The highest BCUT2D eigenvalue weighted by Gasteiger charge is 2.13. The zero-order chi connectivity index (χ0) is 13.0. The van der Waals surface area contributed by atoms with Crippen LogP contribution in [-0.4, -0.2) is 27.8 Å². The fraction of sp³-hybridized carbons (Fsp3) is 0.400. The summed E-state index contributed by atoms with van der Waals surface area (Å²) in [7, 11) is 0. The zero-order valence-corrected chi connectivity index (χ0v) is 10.3. The number of aryl methyl sites for hydroxylation is 1. The Morgan fingerprint density at radius 2 is 2.00 bits per heavy atom. The van der Waals surface area contributed by atoms with Crippen LogP contribution in [0.25, 0.3) is 0 Å². The molecule has 2 N–H and O–H groups in total. The second kappa shape index (κ2) is 5.53. The van der Waals surface area contributed by atoms with E-state index in [-0.39, 0.29) is 18.6 Å². The van der Waals surface area contributed by atoms with Crippen molar-refractivity contribution in [3.63, 3.8) is 0 Å². The van der Waals surface area contributed by atoms with Gasteiger partial charge in [0.15, 0.2) is 10.9 Å². The number of carbonyl (C=O) groups is 3. The normalized spacial score (nSPS) is 10.0. The number of nitrogens with zero attached hydrogens (tertiary/aromatic N) is 1. The maximum atomic E-state index is 11.3. The number of hydrogen-bond donors (Lipinski definition) is 2. The van der Waals surface area contributed by atoms with E-state index in [9.17, 15) is 14.4 Å². The quantitative estimate of drug-likeness (QED) is 0.777. The molecule has 1 heterocycles. The van der Waals surface area contributed by atoms with Crippen LogP contribution in [0.3, 0.4) is 0 Å². The predicted octanol–water partition coefficient (Wildman–Crippen LogP) is 1.46. The molecule has 0 saturated carbocycles. The van der Waals surface area contributed by atoms with Gasteiger partial charge in [-0.2, -0.15) is 0 Å². The van der Waals surface area contributed by atoms with Crippen LogP contribution in [0.4, 0.5) is 5.13 Å². The average Bonchev–Trinajstić information content (AvgIpc) is 2.56. The molecule has 0 unspecified atom stereocenters. The molecule has 0 aliphatic carbocycles. The Hall–Kier alpha value is -1.76.